The number of hydrogen-bond acceptors (Lipinski definition) is 3. The fourth-order valence-electron chi connectivity index (χ4n) is 1.83. The van der Waals surface area contributed by atoms with Crippen molar-refractivity contribution < 1.29 is 5.11 Å². The van der Waals surface area contributed by atoms with Gasteiger partial charge in [0.15, 0.2) is 0 Å². The van der Waals surface area contributed by atoms with Crippen molar-refractivity contribution in [2.75, 3.05) is 31.5 Å². The molecular formula is C14H23BrN2O. The maximum absolute atomic E-state index is 9.95. The summed E-state index contributed by atoms with van der Waals surface area (Å²) in [5.41, 5.74) is 2.24. The van der Waals surface area contributed by atoms with Crippen LogP contribution in [0.3, 0.4) is 0 Å². The molecule has 0 aliphatic rings. The van der Waals surface area contributed by atoms with Crippen molar-refractivity contribution in [1.29, 1.82) is 0 Å². The highest BCUT2D eigenvalue weighted by atomic mass is 79.9. The Balaban J connectivity index is 2.42. The molecule has 0 aromatic heterocycles. The molecule has 0 heterocycles. The molecule has 0 bridgehead atoms. The second kappa shape index (κ2) is 7.77. The van der Waals surface area contributed by atoms with Gasteiger partial charge in [-0.15, -0.1) is 0 Å². The first-order valence-electron chi connectivity index (χ1n) is 6.47. The van der Waals surface area contributed by atoms with Gasteiger partial charge in [-0.05, 0) is 43.8 Å². The highest BCUT2D eigenvalue weighted by molar-refractivity contribution is 9.10. The lowest BCUT2D eigenvalue weighted by molar-refractivity contribution is 0.128. The fourth-order valence-corrected chi connectivity index (χ4v) is 2.08. The van der Waals surface area contributed by atoms with Gasteiger partial charge < -0.3 is 15.3 Å². The van der Waals surface area contributed by atoms with E-state index in [1.54, 1.807) is 0 Å². The molecule has 0 amide bonds. The maximum Gasteiger partial charge on any atom is 0.0839 e. The second-order valence-corrected chi connectivity index (χ2v) is 5.34. The number of rotatable bonds is 7. The highest BCUT2D eigenvalue weighted by Gasteiger charge is 2.08. The highest BCUT2D eigenvalue weighted by Crippen LogP contribution is 2.19. The first-order valence-corrected chi connectivity index (χ1v) is 7.26. The van der Waals surface area contributed by atoms with E-state index >= 15 is 0 Å². The van der Waals surface area contributed by atoms with Gasteiger partial charge in [-0.1, -0.05) is 29.8 Å². The maximum atomic E-state index is 9.95. The Morgan fingerprint density at radius 3 is 2.56 bits per heavy atom. The van der Waals surface area contributed by atoms with Crippen LogP contribution in [0.15, 0.2) is 22.7 Å². The average molecular weight is 315 g/mol. The van der Waals surface area contributed by atoms with Crippen LogP contribution in [-0.2, 0) is 0 Å². The van der Waals surface area contributed by atoms with Crippen LogP contribution in [0.1, 0.15) is 19.4 Å². The van der Waals surface area contributed by atoms with Gasteiger partial charge in [-0.2, -0.15) is 0 Å². The van der Waals surface area contributed by atoms with E-state index < -0.39 is 0 Å². The molecule has 0 aliphatic heterocycles. The zero-order valence-corrected chi connectivity index (χ0v) is 13.0. The number of likely N-dealkylation sites (N-methyl/N-ethyl adjacent to an activating group) is 1. The molecule has 0 aliphatic carbocycles. The number of nitrogens with zero attached hydrogens (tertiary/aromatic N) is 1. The van der Waals surface area contributed by atoms with E-state index in [9.17, 15) is 5.11 Å². The number of halogens is 1. The first-order chi connectivity index (χ1) is 8.56. The Hall–Kier alpha value is -0.580. The van der Waals surface area contributed by atoms with Gasteiger partial charge in [0, 0.05) is 23.2 Å². The zero-order chi connectivity index (χ0) is 13.5. The van der Waals surface area contributed by atoms with Crippen molar-refractivity contribution in [2.45, 2.75) is 26.9 Å². The van der Waals surface area contributed by atoms with Crippen LogP contribution >= 0.6 is 15.9 Å². The van der Waals surface area contributed by atoms with Crippen molar-refractivity contribution in [3.05, 3.63) is 28.2 Å². The minimum atomic E-state index is -0.339. The molecule has 102 valence electrons. The summed E-state index contributed by atoms with van der Waals surface area (Å²) in [7, 11) is 0. The zero-order valence-electron chi connectivity index (χ0n) is 11.4. The van der Waals surface area contributed by atoms with Crippen molar-refractivity contribution in [1.82, 2.24) is 4.90 Å². The van der Waals surface area contributed by atoms with Crippen molar-refractivity contribution >= 4 is 21.6 Å². The molecule has 1 aromatic rings. The van der Waals surface area contributed by atoms with E-state index in [1.165, 1.54) is 5.56 Å². The SMILES string of the molecule is CCN(CC)CC(O)CNc1ccc(Br)c(C)c1. The molecule has 0 spiro atoms. The van der Waals surface area contributed by atoms with E-state index in [2.05, 4.69) is 53.0 Å². The van der Waals surface area contributed by atoms with E-state index in [0.29, 0.717) is 6.54 Å². The number of aliphatic hydroxyl groups is 1. The largest absolute Gasteiger partial charge is 0.390 e. The first kappa shape index (κ1) is 15.5. The summed E-state index contributed by atoms with van der Waals surface area (Å²) in [5.74, 6) is 0. The minimum absolute atomic E-state index is 0.339. The topological polar surface area (TPSA) is 35.5 Å². The van der Waals surface area contributed by atoms with Gasteiger partial charge in [-0.3, -0.25) is 0 Å². The molecule has 1 unspecified atom stereocenters. The quantitative estimate of drug-likeness (QED) is 0.812. The summed E-state index contributed by atoms with van der Waals surface area (Å²) in [6.45, 7) is 9.54. The Morgan fingerprint density at radius 1 is 1.33 bits per heavy atom. The summed E-state index contributed by atoms with van der Waals surface area (Å²) >= 11 is 3.48. The smallest absolute Gasteiger partial charge is 0.0839 e. The van der Waals surface area contributed by atoms with Crippen LogP contribution in [0.5, 0.6) is 0 Å². The van der Waals surface area contributed by atoms with Crippen LogP contribution in [0, 0.1) is 6.92 Å². The number of anilines is 1. The summed E-state index contributed by atoms with van der Waals surface area (Å²) in [6, 6.07) is 6.11. The van der Waals surface area contributed by atoms with Crippen LogP contribution in [0.25, 0.3) is 0 Å². The van der Waals surface area contributed by atoms with E-state index in [1.807, 2.05) is 12.1 Å². The second-order valence-electron chi connectivity index (χ2n) is 4.48. The molecule has 0 saturated heterocycles. The van der Waals surface area contributed by atoms with Crippen LogP contribution in [0.4, 0.5) is 5.69 Å². The molecular weight excluding hydrogens is 292 g/mol. The van der Waals surface area contributed by atoms with Crippen molar-refractivity contribution in [3.8, 4) is 0 Å². The van der Waals surface area contributed by atoms with Crippen LogP contribution < -0.4 is 5.32 Å². The molecule has 0 saturated carbocycles. The third kappa shape index (κ3) is 4.96. The molecule has 0 fully saturated rings. The Morgan fingerprint density at radius 2 is 2.00 bits per heavy atom. The molecule has 18 heavy (non-hydrogen) atoms. The normalized spacial score (nSPS) is 12.8. The van der Waals surface area contributed by atoms with Gasteiger partial charge in [0.2, 0.25) is 0 Å². The Labute approximate surface area is 118 Å². The molecule has 0 radical (unpaired) electrons. The molecule has 1 atom stereocenters. The van der Waals surface area contributed by atoms with Crippen LogP contribution in [-0.4, -0.2) is 42.3 Å². The van der Waals surface area contributed by atoms with Crippen molar-refractivity contribution in [3.63, 3.8) is 0 Å². The molecule has 1 rings (SSSR count). The molecule has 3 nitrogen and oxygen atoms in total. The standard InChI is InChI=1S/C14H23BrN2O/c1-4-17(5-2)10-13(18)9-16-12-6-7-14(15)11(3)8-12/h6-8,13,16,18H,4-5,9-10H2,1-3H3. The molecule has 4 heteroatoms. The third-order valence-corrected chi connectivity index (χ3v) is 3.95. The average Bonchev–Trinajstić information content (AvgIpc) is 2.37. The number of aryl methyl sites for hydroxylation is 1. The molecule has 2 N–H and O–H groups in total. The predicted octanol–water partition coefficient (Wildman–Crippen LogP) is 2.87. The van der Waals surface area contributed by atoms with Gasteiger partial charge in [0.1, 0.15) is 0 Å². The fraction of sp³-hybridized carbons (Fsp3) is 0.571. The van der Waals surface area contributed by atoms with Crippen LogP contribution in [0.2, 0.25) is 0 Å². The molecule has 1 aromatic carbocycles. The summed E-state index contributed by atoms with van der Waals surface area (Å²) in [5, 5.41) is 13.2. The van der Waals surface area contributed by atoms with Gasteiger partial charge in [0.05, 0.1) is 6.10 Å². The lowest BCUT2D eigenvalue weighted by Crippen LogP contribution is -2.35. The monoisotopic (exact) mass is 314 g/mol. The lowest BCUT2D eigenvalue weighted by atomic mass is 10.2. The minimum Gasteiger partial charge on any atom is -0.390 e. The summed E-state index contributed by atoms with van der Waals surface area (Å²) in [4.78, 5) is 2.22. The van der Waals surface area contributed by atoms with Gasteiger partial charge in [0.25, 0.3) is 0 Å². The Kier molecular flexibility index (Phi) is 6.68. The number of aliphatic hydroxyl groups excluding tert-OH is 1. The van der Waals surface area contributed by atoms with Crippen molar-refractivity contribution in [2.24, 2.45) is 0 Å². The van der Waals surface area contributed by atoms with Gasteiger partial charge in [-0.25, -0.2) is 0 Å². The van der Waals surface area contributed by atoms with E-state index in [-0.39, 0.29) is 6.10 Å². The van der Waals surface area contributed by atoms with E-state index in [4.69, 9.17) is 0 Å². The number of nitrogens with one attached hydrogen (secondary N) is 1. The predicted molar refractivity (Wildman–Crippen MR) is 81.2 cm³/mol. The van der Waals surface area contributed by atoms with Gasteiger partial charge >= 0.3 is 0 Å². The number of hydrogen-bond donors (Lipinski definition) is 2. The number of benzene rings is 1. The third-order valence-electron chi connectivity index (χ3n) is 3.06. The summed E-state index contributed by atoms with van der Waals surface area (Å²) < 4.78 is 1.11. The lowest BCUT2D eigenvalue weighted by Gasteiger charge is -2.22. The Bertz CT molecular complexity index is 367. The van der Waals surface area contributed by atoms with E-state index in [0.717, 1.165) is 29.8 Å². The summed E-state index contributed by atoms with van der Waals surface area (Å²) in [6.07, 6.45) is -0.339.